The van der Waals surface area contributed by atoms with Crippen LogP contribution in [-0.2, 0) is 0 Å². The molecule has 2 aliphatic rings. The lowest BCUT2D eigenvalue weighted by Crippen LogP contribution is -2.21. The highest BCUT2D eigenvalue weighted by Gasteiger charge is 2.31. The molecule has 0 bridgehead atoms. The van der Waals surface area contributed by atoms with Gasteiger partial charge in [-0.25, -0.2) is 0 Å². The zero-order chi connectivity index (χ0) is 10.2. The Morgan fingerprint density at radius 3 is 2.71 bits per heavy atom. The lowest BCUT2D eigenvalue weighted by molar-refractivity contribution is 0.378. The van der Waals surface area contributed by atoms with Crippen molar-refractivity contribution >= 4 is 0 Å². The third-order valence-corrected chi connectivity index (χ3v) is 3.68. The molecule has 1 unspecified atom stereocenters. The van der Waals surface area contributed by atoms with Crippen LogP contribution < -0.4 is 0 Å². The lowest BCUT2D eigenvalue weighted by atomic mass is 9.70. The summed E-state index contributed by atoms with van der Waals surface area (Å²) in [5.41, 5.74) is 4.96. The van der Waals surface area contributed by atoms with Gasteiger partial charge in [0.1, 0.15) is 0 Å². The zero-order valence-corrected chi connectivity index (χ0v) is 9.56. The van der Waals surface area contributed by atoms with Gasteiger partial charge in [0.05, 0.1) is 0 Å². The molecule has 0 spiro atoms. The van der Waals surface area contributed by atoms with Gasteiger partial charge < -0.3 is 0 Å². The minimum Gasteiger partial charge on any atom is -0.0716 e. The van der Waals surface area contributed by atoms with Gasteiger partial charge in [0, 0.05) is 5.41 Å². The Morgan fingerprint density at radius 1 is 1.14 bits per heavy atom. The molecule has 0 heteroatoms. The molecule has 0 nitrogen and oxygen atoms in total. The average molecular weight is 188 g/mol. The van der Waals surface area contributed by atoms with E-state index in [9.17, 15) is 0 Å². The van der Waals surface area contributed by atoms with Gasteiger partial charge in [-0.2, -0.15) is 0 Å². The fraction of sp³-hybridized carbons (Fsp3) is 0.571. The van der Waals surface area contributed by atoms with Crippen molar-refractivity contribution in [2.75, 3.05) is 0 Å². The molecule has 0 aromatic rings. The third kappa shape index (κ3) is 1.58. The summed E-state index contributed by atoms with van der Waals surface area (Å²) in [6.45, 7) is 6.88. The molecule has 0 amide bonds. The molecule has 14 heavy (non-hydrogen) atoms. The molecule has 1 atom stereocenters. The third-order valence-electron chi connectivity index (χ3n) is 3.68. The molecule has 0 aliphatic heterocycles. The van der Waals surface area contributed by atoms with Crippen molar-refractivity contribution in [3.63, 3.8) is 0 Å². The fourth-order valence-corrected chi connectivity index (χ4v) is 2.94. The number of rotatable bonds is 0. The van der Waals surface area contributed by atoms with Crippen LogP contribution in [0.15, 0.2) is 34.9 Å². The molecule has 1 saturated carbocycles. The normalized spacial score (nSPS) is 32.4. The SMILES string of the molecule is CC1=CC2(C)CCCCC2=C(C)C=C1. The highest BCUT2D eigenvalue weighted by Crippen LogP contribution is 2.45. The molecule has 0 N–H and O–H groups in total. The number of fused-ring (bicyclic) bond motifs is 1. The Labute approximate surface area is 87.4 Å². The van der Waals surface area contributed by atoms with E-state index in [0.717, 1.165) is 0 Å². The van der Waals surface area contributed by atoms with Crippen LogP contribution in [0.4, 0.5) is 0 Å². The first-order chi connectivity index (χ1) is 6.62. The second kappa shape index (κ2) is 3.42. The number of hydrogen-bond acceptors (Lipinski definition) is 0. The predicted octanol–water partition coefficient (Wildman–Crippen LogP) is 4.40. The maximum absolute atomic E-state index is 2.47. The minimum absolute atomic E-state index is 0.357. The van der Waals surface area contributed by atoms with Gasteiger partial charge in [0.25, 0.3) is 0 Å². The summed E-state index contributed by atoms with van der Waals surface area (Å²) in [4.78, 5) is 0. The molecule has 0 radical (unpaired) electrons. The first-order valence-electron chi connectivity index (χ1n) is 5.70. The second-order valence-electron chi connectivity index (χ2n) is 5.01. The quantitative estimate of drug-likeness (QED) is 0.528. The first kappa shape index (κ1) is 9.76. The molecule has 1 fully saturated rings. The van der Waals surface area contributed by atoms with Gasteiger partial charge in [0.15, 0.2) is 0 Å². The second-order valence-corrected chi connectivity index (χ2v) is 5.01. The first-order valence-corrected chi connectivity index (χ1v) is 5.70. The van der Waals surface area contributed by atoms with Crippen molar-refractivity contribution in [3.05, 3.63) is 34.9 Å². The molecule has 0 aromatic heterocycles. The molecule has 0 aromatic carbocycles. The number of allylic oxidation sites excluding steroid dienone is 6. The summed E-state index contributed by atoms with van der Waals surface area (Å²) in [6.07, 6.45) is 12.4. The van der Waals surface area contributed by atoms with Gasteiger partial charge in [0.2, 0.25) is 0 Å². The Bertz CT molecular complexity index is 328. The summed E-state index contributed by atoms with van der Waals surface area (Å²) in [6, 6.07) is 0. The predicted molar refractivity (Wildman–Crippen MR) is 62.2 cm³/mol. The van der Waals surface area contributed by atoms with Crippen molar-refractivity contribution in [3.8, 4) is 0 Å². The van der Waals surface area contributed by atoms with Crippen molar-refractivity contribution in [1.82, 2.24) is 0 Å². The molecular weight excluding hydrogens is 168 g/mol. The lowest BCUT2D eigenvalue weighted by Gasteiger charge is -2.35. The van der Waals surface area contributed by atoms with E-state index in [2.05, 4.69) is 39.0 Å². The van der Waals surface area contributed by atoms with Gasteiger partial charge in [-0.15, -0.1) is 0 Å². The van der Waals surface area contributed by atoms with Gasteiger partial charge in [-0.3, -0.25) is 0 Å². The van der Waals surface area contributed by atoms with Crippen LogP contribution in [0.1, 0.15) is 46.5 Å². The topological polar surface area (TPSA) is 0 Å². The highest BCUT2D eigenvalue weighted by molar-refractivity contribution is 5.40. The van der Waals surface area contributed by atoms with Crippen LogP contribution in [0.25, 0.3) is 0 Å². The Hall–Kier alpha value is -0.780. The Morgan fingerprint density at radius 2 is 1.93 bits per heavy atom. The number of hydrogen-bond donors (Lipinski definition) is 0. The van der Waals surface area contributed by atoms with Crippen LogP contribution in [0.3, 0.4) is 0 Å². The van der Waals surface area contributed by atoms with Crippen molar-refractivity contribution in [2.45, 2.75) is 46.5 Å². The minimum atomic E-state index is 0.357. The summed E-state index contributed by atoms with van der Waals surface area (Å²) < 4.78 is 0. The van der Waals surface area contributed by atoms with E-state index in [0.29, 0.717) is 5.41 Å². The van der Waals surface area contributed by atoms with Gasteiger partial charge in [-0.05, 0) is 33.1 Å². The average Bonchev–Trinajstić information content (AvgIpc) is 2.24. The van der Waals surface area contributed by atoms with Crippen LogP contribution in [0.2, 0.25) is 0 Å². The van der Waals surface area contributed by atoms with E-state index in [1.54, 1.807) is 5.57 Å². The Kier molecular flexibility index (Phi) is 2.38. The molecule has 0 saturated heterocycles. The van der Waals surface area contributed by atoms with E-state index >= 15 is 0 Å². The summed E-state index contributed by atoms with van der Waals surface area (Å²) in [7, 11) is 0. The van der Waals surface area contributed by atoms with E-state index in [-0.39, 0.29) is 0 Å². The molecule has 2 aliphatic carbocycles. The van der Waals surface area contributed by atoms with E-state index < -0.39 is 0 Å². The summed E-state index contributed by atoms with van der Waals surface area (Å²) in [5, 5.41) is 0. The van der Waals surface area contributed by atoms with Crippen LogP contribution in [-0.4, -0.2) is 0 Å². The largest absolute Gasteiger partial charge is 0.0716 e. The summed E-state index contributed by atoms with van der Waals surface area (Å²) in [5.74, 6) is 0. The standard InChI is InChI=1S/C14H20/c1-11-7-8-12(2)13-6-4-5-9-14(13,3)10-11/h7-8,10H,4-6,9H2,1-3H3. The van der Waals surface area contributed by atoms with Crippen LogP contribution >= 0.6 is 0 Å². The van der Waals surface area contributed by atoms with Crippen LogP contribution in [0.5, 0.6) is 0 Å². The van der Waals surface area contributed by atoms with Gasteiger partial charge >= 0.3 is 0 Å². The molecular formula is C14H20. The van der Waals surface area contributed by atoms with E-state index in [1.807, 2.05) is 0 Å². The van der Waals surface area contributed by atoms with Gasteiger partial charge in [-0.1, -0.05) is 48.3 Å². The zero-order valence-electron chi connectivity index (χ0n) is 9.56. The highest BCUT2D eigenvalue weighted by atomic mass is 14.4. The van der Waals surface area contributed by atoms with Crippen molar-refractivity contribution in [1.29, 1.82) is 0 Å². The molecule has 76 valence electrons. The van der Waals surface area contributed by atoms with Crippen LogP contribution in [0, 0.1) is 5.41 Å². The maximum Gasteiger partial charge on any atom is 0.00739 e. The summed E-state index contributed by atoms with van der Waals surface area (Å²) >= 11 is 0. The van der Waals surface area contributed by atoms with E-state index in [1.165, 1.54) is 36.8 Å². The monoisotopic (exact) mass is 188 g/mol. The Balaban J connectivity index is 2.48. The maximum atomic E-state index is 2.47. The fourth-order valence-electron chi connectivity index (χ4n) is 2.94. The molecule has 2 rings (SSSR count). The smallest absolute Gasteiger partial charge is 0.00739 e. The van der Waals surface area contributed by atoms with Crippen molar-refractivity contribution in [2.24, 2.45) is 5.41 Å². The molecule has 0 heterocycles. The van der Waals surface area contributed by atoms with Crippen molar-refractivity contribution < 1.29 is 0 Å². The van der Waals surface area contributed by atoms with E-state index in [4.69, 9.17) is 0 Å².